The number of hydrogen-bond acceptors (Lipinski definition) is 1. The van der Waals surface area contributed by atoms with E-state index in [1.165, 1.54) is 9.80 Å². The van der Waals surface area contributed by atoms with Crippen molar-refractivity contribution in [2.75, 3.05) is 0 Å². The fraction of sp³-hybridized carbons (Fsp3) is 0.231. The van der Waals surface area contributed by atoms with Crippen molar-refractivity contribution in [2.24, 2.45) is 0 Å². The van der Waals surface area contributed by atoms with Crippen LogP contribution in [0.2, 0.25) is 0 Å². The van der Waals surface area contributed by atoms with Gasteiger partial charge in [-0.3, -0.25) is 0 Å². The van der Waals surface area contributed by atoms with E-state index in [9.17, 15) is 0 Å². The minimum absolute atomic E-state index is 1.10. The minimum atomic E-state index is 1.10. The third-order valence-corrected chi connectivity index (χ3v) is 2.69. The van der Waals surface area contributed by atoms with Crippen molar-refractivity contribution in [3.05, 3.63) is 53.5 Å². The van der Waals surface area contributed by atoms with Crippen molar-refractivity contribution in [3.8, 4) is 0 Å². The first kappa shape index (κ1) is 11.1. The molecule has 0 aliphatic rings. The van der Waals surface area contributed by atoms with Crippen LogP contribution in [0.1, 0.15) is 20.3 Å². The van der Waals surface area contributed by atoms with Gasteiger partial charge in [0.25, 0.3) is 0 Å². The second-order valence-electron chi connectivity index (χ2n) is 3.03. The van der Waals surface area contributed by atoms with Crippen molar-refractivity contribution in [1.29, 1.82) is 0 Å². The van der Waals surface area contributed by atoms with Crippen LogP contribution in [-0.2, 0) is 0 Å². The largest absolute Gasteiger partial charge is 0.0949 e. The molecule has 0 aliphatic carbocycles. The zero-order chi connectivity index (χ0) is 10.2. The summed E-state index contributed by atoms with van der Waals surface area (Å²) in [6.45, 7) is 4.28. The van der Waals surface area contributed by atoms with Gasteiger partial charge in [0.2, 0.25) is 0 Å². The number of benzene rings is 1. The standard InChI is InChI=1S/C13H16S/c1-3-4-6-9-12(2)14-13-10-7-5-8-11-13/h4-11H,3H2,1-2H3/b6-4-,12-9+. The van der Waals surface area contributed by atoms with E-state index in [0.29, 0.717) is 0 Å². The molecule has 0 amide bonds. The number of allylic oxidation sites excluding steroid dienone is 4. The molecular formula is C13H16S. The van der Waals surface area contributed by atoms with E-state index in [1.54, 1.807) is 11.8 Å². The fourth-order valence-corrected chi connectivity index (χ4v) is 1.86. The molecule has 14 heavy (non-hydrogen) atoms. The highest BCUT2D eigenvalue weighted by Gasteiger charge is 1.91. The lowest BCUT2D eigenvalue weighted by Gasteiger charge is -1.99. The van der Waals surface area contributed by atoms with Gasteiger partial charge in [-0.05, 0) is 30.4 Å². The van der Waals surface area contributed by atoms with E-state index >= 15 is 0 Å². The molecule has 1 aromatic carbocycles. The van der Waals surface area contributed by atoms with Gasteiger partial charge in [-0.2, -0.15) is 0 Å². The molecule has 1 heteroatoms. The first-order valence-electron chi connectivity index (χ1n) is 4.89. The summed E-state index contributed by atoms with van der Waals surface area (Å²) < 4.78 is 0. The molecule has 0 spiro atoms. The normalized spacial score (nSPS) is 12.3. The van der Waals surface area contributed by atoms with Crippen molar-refractivity contribution in [2.45, 2.75) is 25.2 Å². The molecule has 1 aromatic rings. The summed E-state index contributed by atoms with van der Waals surface area (Å²) in [5, 5.41) is 0. The van der Waals surface area contributed by atoms with E-state index in [2.05, 4.69) is 56.3 Å². The summed E-state index contributed by atoms with van der Waals surface area (Å²) in [4.78, 5) is 2.62. The maximum absolute atomic E-state index is 2.16. The molecule has 0 saturated heterocycles. The summed E-state index contributed by atoms with van der Waals surface area (Å²) in [5.41, 5.74) is 0. The highest BCUT2D eigenvalue weighted by molar-refractivity contribution is 8.03. The summed E-state index contributed by atoms with van der Waals surface area (Å²) >= 11 is 1.80. The fourth-order valence-electron chi connectivity index (χ4n) is 1.05. The summed E-state index contributed by atoms with van der Waals surface area (Å²) in [6.07, 6.45) is 7.53. The van der Waals surface area contributed by atoms with Gasteiger partial charge in [0.1, 0.15) is 0 Å². The van der Waals surface area contributed by atoms with Gasteiger partial charge in [-0.25, -0.2) is 0 Å². The number of thioether (sulfide) groups is 1. The molecule has 0 saturated carbocycles. The van der Waals surface area contributed by atoms with Crippen molar-refractivity contribution >= 4 is 11.8 Å². The molecule has 1 rings (SSSR count). The van der Waals surface area contributed by atoms with Crippen LogP contribution in [0.5, 0.6) is 0 Å². The van der Waals surface area contributed by atoms with Gasteiger partial charge in [-0.15, -0.1) is 0 Å². The molecule has 0 heterocycles. The van der Waals surface area contributed by atoms with Crippen molar-refractivity contribution in [3.63, 3.8) is 0 Å². The van der Waals surface area contributed by atoms with E-state index in [-0.39, 0.29) is 0 Å². The van der Waals surface area contributed by atoms with Crippen LogP contribution >= 0.6 is 11.8 Å². The Hall–Kier alpha value is -0.950. The number of hydrogen-bond donors (Lipinski definition) is 0. The van der Waals surface area contributed by atoms with Crippen LogP contribution < -0.4 is 0 Å². The monoisotopic (exact) mass is 204 g/mol. The second-order valence-corrected chi connectivity index (χ2v) is 4.35. The average Bonchev–Trinajstić information content (AvgIpc) is 2.20. The minimum Gasteiger partial charge on any atom is -0.0949 e. The topological polar surface area (TPSA) is 0 Å². The summed E-state index contributed by atoms with van der Waals surface area (Å²) in [7, 11) is 0. The van der Waals surface area contributed by atoms with Crippen LogP contribution in [0.3, 0.4) is 0 Å². The highest BCUT2D eigenvalue weighted by Crippen LogP contribution is 2.25. The molecule has 0 radical (unpaired) electrons. The number of rotatable bonds is 4. The lowest BCUT2D eigenvalue weighted by Crippen LogP contribution is -1.70. The van der Waals surface area contributed by atoms with E-state index in [4.69, 9.17) is 0 Å². The van der Waals surface area contributed by atoms with Crippen LogP contribution in [0.4, 0.5) is 0 Å². The Morgan fingerprint density at radius 2 is 2.00 bits per heavy atom. The van der Waals surface area contributed by atoms with Gasteiger partial charge in [0.05, 0.1) is 0 Å². The molecule has 0 aliphatic heterocycles. The predicted molar refractivity (Wildman–Crippen MR) is 65.5 cm³/mol. The lowest BCUT2D eigenvalue weighted by atomic mass is 10.4. The molecule has 0 nitrogen and oxygen atoms in total. The summed E-state index contributed by atoms with van der Waals surface area (Å²) in [5.74, 6) is 0. The molecular weight excluding hydrogens is 188 g/mol. The van der Waals surface area contributed by atoms with E-state index < -0.39 is 0 Å². The van der Waals surface area contributed by atoms with E-state index in [1.807, 2.05) is 6.07 Å². The Bertz CT molecular complexity index is 309. The first-order chi connectivity index (χ1) is 6.83. The smallest absolute Gasteiger partial charge is 0.0118 e. The van der Waals surface area contributed by atoms with Gasteiger partial charge in [-0.1, -0.05) is 55.1 Å². The SMILES string of the molecule is CC/C=C\C=C(/C)Sc1ccccc1. The molecule has 0 N–H and O–H groups in total. The molecule has 0 atom stereocenters. The Balaban J connectivity index is 2.53. The van der Waals surface area contributed by atoms with Crippen LogP contribution in [0, 0.1) is 0 Å². The van der Waals surface area contributed by atoms with Crippen LogP contribution in [-0.4, -0.2) is 0 Å². The third-order valence-electron chi connectivity index (χ3n) is 1.72. The Labute approximate surface area is 90.7 Å². The van der Waals surface area contributed by atoms with Gasteiger partial charge >= 0.3 is 0 Å². The second kappa shape index (κ2) is 6.50. The molecule has 0 fully saturated rings. The Morgan fingerprint density at radius 1 is 1.29 bits per heavy atom. The van der Waals surface area contributed by atoms with Crippen molar-refractivity contribution in [1.82, 2.24) is 0 Å². The Morgan fingerprint density at radius 3 is 2.64 bits per heavy atom. The molecule has 74 valence electrons. The quantitative estimate of drug-likeness (QED) is 0.508. The van der Waals surface area contributed by atoms with Gasteiger partial charge < -0.3 is 0 Å². The zero-order valence-corrected chi connectivity index (χ0v) is 9.55. The highest BCUT2D eigenvalue weighted by atomic mass is 32.2. The molecule has 0 unspecified atom stereocenters. The van der Waals surface area contributed by atoms with Crippen LogP contribution in [0.15, 0.2) is 58.4 Å². The lowest BCUT2D eigenvalue weighted by molar-refractivity contribution is 1.22. The Kier molecular flexibility index (Phi) is 5.16. The maximum atomic E-state index is 2.16. The average molecular weight is 204 g/mol. The van der Waals surface area contributed by atoms with Crippen molar-refractivity contribution < 1.29 is 0 Å². The van der Waals surface area contributed by atoms with Crippen LogP contribution in [0.25, 0.3) is 0 Å². The molecule has 0 aromatic heterocycles. The maximum Gasteiger partial charge on any atom is 0.0118 e. The predicted octanol–water partition coefficient (Wildman–Crippen LogP) is 4.65. The zero-order valence-electron chi connectivity index (χ0n) is 8.73. The third kappa shape index (κ3) is 4.33. The molecule has 0 bridgehead atoms. The first-order valence-corrected chi connectivity index (χ1v) is 5.71. The summed E-state index contributed by atoms with van der Waals surface area (Å²) in [6, 6.07) is 10.4. The van der Waals surface area contributed by atoms with Gasteiger partial charge in [0, 0.05) is 4.90 Å². The van der Waals surface area contributed by atoms with E-state index in [0.717, 1.165) is 6.42 Å². The van der Waals surface area contributed by atoms with Gasteiger partial charge in [0.15, 0.2) is 0 Å².